The van der Waals surface area contributed by atoms with E-state index in [2.05, 4.69) is 5.32 Å². The minimum atomic E-state index is -0.895. The third-order valence-electron chi connectivity index (χ3n) is 4.00. The molecule has 2 N–H and O–H groups in total. The smallest absolute Gasteiger partial charge is 0.322 e. The van der Waals surface area contributed by atoms with E-state index < -0.39 is 5.97 Å². The van der Waals surface area contributed by atoms with E-state index in [1.54, 1.807) is 18.2 Å². The molecule has 0 radical (unpaired) electrons. The van der Waals surface area contributed by atoms with Crippen molar-refractivity contribution >= 4 is 17.7 Å². The number of carboxylic acid groups (broad SMARTS) is 1. The molecule has 0 heterocycles. The molecular weight excluding hydrogens is 268 g/mol. The number of carbonyl (C=O) groups excluding carboxylic acids is 1. The average molecular weight is 288 g/mol. The molecule has 2 aliphatic carbocycles. The van der Waals surface area contributed by atoms with Crippen LogP contribution in [0.1, 0.15) is 31.2 Å². The lowest BCUT2D eigenvalue weighted by molar-refractivity contribution is -0.136. The molecule has 0 aromatic heterocycles. The van der Waals surface area contributed by atoms with Crippen molar-refractivity contribution in [1.29, 1.82) is 0 Å². The third kappa shape index (κ3) is 3.74. The Morgan fingerprint density at radius 3 is 2.52 bits per heavy atom. The van der Waals surface area contributed by atoms with Crippen molar-refractivity contribution in [3.05, 3.63) is 29.8 Å². The fourth-order valence-electron chi connectivity index (χ4n) is 2.51. The van der Waals surface area contributed by atoms with Gasteiger partial charge in [0.2, 0.25) is 0 Å². The molecule has 2 saturated carbocycles. The first-order valence-electron chi connectivity index (χ1n) is 7.51. The van der Waals surface area contributed by atoms with Crippen LogP contribution in [0.15, 0.2) is 24.3 Å². The molecule has 0 bridgehead atoms. The second-order valence-corrected chi connectivity index (χ2v) is 5.98. The molecule has 2 aliphatic rings. The number of para-hydroxylation sites is 1. The molecule has 1 aromatic carbocycles. The van der Waals surface area contributed by atoms with Crippen molar-refractivity contribution < 1.29 is 14.7 Å². The zero-order chi connectivity index (χ0) is 14.8. The highest BCUT2D eigenvalue weighted by Gasteiger charge is 2.36. The van der Waals surface area contributed by atoms with Crippen LogP contribution < -0.4 is 5.32 Å². The topological polar surface area (TPSA) is 69.6 Å². The molecular formula is C16H20N2O3. The number of carboxylic acids is 1. The number of urea groups is 1. The van der Waals surface area contributed by atoms with Crippen molar-refractivity contribution in [3.63, 3.8) is 0 Å². The van der Waals surface area contributed by atoms with Crippen molar-refractivity contribution in [3.8, 4) is 0 Å². The summed E-state index contributed by atoms with van der Waals surface area (Å²) in [4.78, 5) is 25.3. The van der Waals surface area contributed by atoms with Gasteiger partial charge in [0.05, 0.1) is 6.42 Å². The highest BCUT2D eigenvalue weighted by atomic mass is 16.4. The van der Waals surface area contributed by atoms with Crippen molar-refractivity contribution in [1.82, 2.24) is 4.90 Å². The Kier molecular flexibility index (Phi) is 3.82. The van der Waals surface area contributed by atoms with Crippen LogP contribution in [0.4, 0.5) is 10.5 Å². The predicted octanol–water partition coefficient (Wildman–Crippen LogP) is 2.72. The summed E-state index contributed by atoms with van der Waals surface area (Å²) in [6.45, 7) is 0.831. The van der Waals surface area contributed by atoms with Gasteiger partial charge in [0.25, 0.3) is 0 Å². The molecule has 2 amide bonds. The Morgan fingerprint density at radius 1 is 1.19 bits per heavy atom. The van der Waals surface area contributed by atoms with Gasteiger partial charge in [0.15, 0.2) is 0 Å². The molecule has 5 heteroatoms. The predicted molar refractivity (Wildman–Crippen MR) is 79.3 cm³/mol. The first-order chi connectivity index (χ1) is 10.1. The van der Waals surface area contributed by atoms with Crippen molar-refractivity contribution in [2.75, 3.05) is 11.9 Å². The van der Waals surface area contributed by atoms with Gasteiger partial charge in [-0.15, -0.1) is 0 Å². The molecule has 0 aliphatic heterocycles. The first kappa shape index (κ1) is 13.9. The van der Waals surface area contributed by atoms with E-state index in [1.165, 1.54) is 12.8 Å². The minimum Gasteiger partial charge on any atom is -0.481 e. The van der Waals surface area contributed by atoms with Gasteiger partial charge in [-0.2, -0.15) is 0 Å². The van der Waals surface area contributed by atoms with E-state index in [0.29, 0.717) is 23.2 Å². The number of rotatable bonds is 6. The van der Waals surface area contributed by atoms with Gasteiger partial charge < -0.3 is 15.3 Å². The van der Waals surface area contributed by atoms with Crippen LogP contribution >= 0.6 is 0 Å². The number of carbonyl (C=O) groups is 2. The summed E-state index contributed by atoms with van der Waals surface area (Å²) in [5, 5.41) is 11.8. The zero-order valence-corrected chi connectivity index (χ0v) is 11.9. The Hall–Kier alpha value is -2.04. The summed E-state index contributed by atoms with van der Waals surface area (Å²) in [5.74, 6) is -0.237. The number of aliphatic carboxylic acids is 1. The number of hydrogen-bond donors (Lipinski definition) is 2. The number of nitrogens with zero attached hydrogens (tertiary/aromatic N) is 1. The second-order valence-electron chi connectivity index (χ2n) is 5.98. The van der Waals surface area contributed by atoms with Crippen molar-refractivity contribution in [2.45, 2.75) is 38.1 Å². The lowest BCUT2D eigenvalue weighted by Gasteiger charge is -2.23. The Morgan fingerprint density at radius 2 is 1.90 bits per heavy atom. The maximum atomic E-state index is 12.5. The second kappa shape index (κ2) is 5.76. The van der Waals surface area contributed by atoms with Crippen LogP contribution in [0.5, 0.6) is 0 Å². The van der Waals surface area contributed by atoms with E-state index in [-0.39, 0.29) is 12.5 Å². The molecule has 0 spiro atoms. The Labute approximate surface area is 123 Å². The fourth-order valence-corrected chi connectivity index (χ4v) is 2.51. The van der Waals surface area contributed by atoms with Gasteiger partial charge in [0.1, 0.15) is 0 Å². The minimum absolute atomic E-state index is 0.0808. The lowest BCUT2D eigenvalue weighted by Crippen LogP contribution is -2.38. The number of benzene rings is 1. The monoisotopic (exact) mass is 288 g/mol. The molecule has 5 nitrogen and oxygen atoms in total. The summed E-state index contributed by atoms with van der Waals surface area (Å²) in [6.07, 6.45) is 4.51. The van der Waals surface area contributed by atoms with Crippen LogP contribution in [-0.4, -0.2) is 34.6 Å². The first-order valence-corrected chi connectivity index (χ1v) is 7.51. The van der Waals surface area contributed by atoms with Crippen molar-refractivity contribution in [2.24, 2.45) is 5.92 Å². The molecule has 112 valence electrons. The quantitative estimate of drug-likeness (QED) is 0.845. The van der Waals surface area contributed by atoms with Crippen LogP contribution in [0.3, 0.4) is 0 Å². The van der Waals surface area contributed by atoms with E-state index in [4.69, 9.17) is 5.11 Å². The molecule has 2 fully saturated rings. The maximum Gasteiger partial charge on any atom is 0.322 e. The molecule has 21 heavy (non-hydrogen) atoms. The molecule has 0 unspecified atom stereocenters. The van der Waals surface area contributed by atoms with Gasteiger partial charge >= 0.3 is 12.0 Å². The van der Waals surface area contributed by atoms with Crippen LogP contribution in [0, 0.1) is 5.92 Å². The zero-order valence-electron chi connectivity index (χ0n) is 11.9. The lowest BCUT2D eigenvalue weighted by atomic mass is 10.1. The number of hydrogen-bond acceptors (Lipinski definition) is 2. The van der Waals surface area contributed by atoms with E-state index in [1.807, 2.05) is 11.0 Å². The number of amides is 2. The summed E-state index contributed by atoms with van der Waals surface area (Å²) >= 11 is 0. The van der Waals surface area contributed by atoms with Gasteiger partial charge in [-0.3, -0.25) is 4.79 Å². The molecule has 0 saturated heterocycles. The standard InChI is InChI=1S/C16H20N2O3/c19-15(20)9-12-3-1-2-4-14(12)17-16(21)18(13-7-8-13)10-11-5-6-11/h1-4,11,13H,5-10H2,(H,17,21)(H,19,20). The highest BCUT2D eigenvalue weighted by Crippen LogP contribution is 2.35. The van der Waals surface area contributed by atoms with E-state index in [0.717, 1.165) is 19.4 Å². The maximum absolute atomic E-state index is 12.5. The summed E-state index contributed by atoms with van der Waals surface area (Å²) in [5.41, 5.74) is 1.24. The van der Waals surface area contributed by atoms with Crippen LogP contribution in [-0.2, 0) is 11.2 Å². The van der Waals surface area contributed by atoms with E-state index >= 15 is 0 Å². The summed E-state index contributed by atoms with van der Waals surface area (Å²) in [6, 6.07) is 7.38. The number of anilines is 1. The fraction of sp³-hybridized carbons (Fsp3) is 0.500. The molecule has 1 aromatic rings. The Balaban J connectivity index is 1.69. The van der Waals surface area contributed by atoms with Crippen LogP contribution in [0.25, 0.3) is 0 Å². The molecule has 0 atom stereocenters. The van der Waals surface area contributed by atoms with Gasteiger partial charge in [-0.05, 0) is 43.2 Å². The van der Waals surface area contributed by atoms with Gasteiger partial charge in [0, 0.05) is 18.3 Å². The normalized spacial score (nSPS) is 17.3. The van der Waals surface area contributed by atoms with Gasteiger partial charge in [-0.25, -0.2) is 4.79 Å². The highest BCUT2D eigenvalue weighted by molar-refractivity contribution is 5.91. The van der Waals surface area contributed by atoms with Gasteiger partial charge in [-0.1, -0.05) is 18.2 Å². The molecule has 3 rings (SSSR count). The summed E-state index contributed by atoms with van der Waals surface area (Å²) < 4.78 is 0. The number of nitrogens with one attached hydrogen (secondary N) is 1. The Bertz CT molecular complexity index is 550. The van der Waals surface area contributed by atoms with E-state index in [9.17, 15) is 9.59 Å². The summed E-state index contributed by atoms with van der Waals surface area (Å²) in [7, 11) is 0. The SMILES string of the molecule is O=C(O)Cc1ccccc1NC(=O)N(CC1CC1)C1CC1. The average Bonchev–Trinajstić information content (AvgIpc) is 3.31. The van der Waals surface area contributed by atoms with Crippen LogP contribution in [0.2, 0.25) is 0 Å². The third-order valence-corrected chi connectivity index (χ3v) is 4.00. The largest absolute Gasteiger partial charge is 0.481 e.